The summed E-state index contributed by atoms with van der Waals surface area (Å²) in [5.41, 5.74) is 0.961. The smallest absolute Gasteiger partial charge is 0.189 e. The van der Waals surface area contributed by atoms with Gasteiger partial charge in [0.1, 0.15) is 4.90 Å². The molecule has 0 radical (unpaired) electrons. The van der Waals surface area contributed by atoms with Crippen molar-refractivity contribution < 1.29 is 12.3 Å². The van der Waals surface area contributed by atoms with Gasteiger partial charge in [-0.3, -0.25) is 0 Å². The predicted octanol–water partition coefficient (Wildman–Crippen LogP) is 2.87. The van der Waals surface area contributed by atoms with E-state index in [1.165, 1.54) is 16.7 Å². The summed E-state index contributed by atoms with van der Waals surface area (Å²) in [6, 6.07) is 5.21. The van der Waals surface area contributed by atoms with Crippen molar-refractivity contribution in [3.63, 3.8) is 0 Å². The van der Waals surface area contributed by atoms with Crippen LogP contribution in [-0.2, 0) is 10.2 Å². The molecule has 0 fully saturated rings. The van der Waals surface area contributed by atoms with E-state index in [0.29, 0.717) is 5.39 Å². The van der Waals surface area contributed by atoms with E-state index < -0.39 is 10.2 Å². The fourth-order valence-electron chi connectivity index (χ4n) is 1.37. The van der Waals surface area contributed by atoms with Crippen molar-refractivity contribution in [3.05, 3.63) is 29.1 Å². The van der Waals surface area contributed by atoms with Crippen LogP contribution in [0.25, 0.3) is 10.1 Å². The average molecular weight is 230 g/mol. The summed E-state index contributed by atoms with van der Waals surface area (Å²) in [6.45, 7) is 1.87. The molecule has 1 aromatic heterocycles. The summed E-state index contributed by atoms with van der Waals surface area (Å²) < 4.78 is 35.1. The highest BCUT2D eigenvalue weighted by Crippen LogP contribution is 2.32. The SMILES string of the molecule is Cc1cccc2c(S(=O)(=O)F)csc12. The molecule has 5 heteroatoms. The first-order valence-corrected chi connectivity index (χ1v) is 6.18. The minimum absolute atomic E-state index is 0.221. The molecule has 0 spiro atoms. The fourth-order valence-corrected chi connectivity index (χ4v) is 3.38. The number of rotatable bonds is 1. The minimum atomic E-state index is -4.59. The number of benzene rings is 1. The van der Waals surface area contributed by atoms with E-state index in [-0.39, 0.29) is 4.90 Å². The quantitative estimate of drug-likeness (QED) is 0.706. The molecule has 0 unspecified atom stereocenters. The van der Waals surface area contributed by atoms with Gasteiger partial charge in [-0.25, -0.2) is 0 Å². The maximum absolute atomic E-state index is 12.8. The lowest BCUT2D eigenvalue weighted by molar-refractivity contribution is 0.553. The van der Waals surface area contributed by atoms with E-state index in [2.05, 4.69) is 0 Å². The molecule has 0 saturated heterocycles. The van der Waals surface area contributed by atoms with Crippen molar-refractivity contribution >= 4 is 31.6 Å². The first kappa shape index (κ1) is 9.61. The van der Waals surface area contributed by atoms with Crippen LogP contribution in [0.3, 0.4) is 0 Å². The van der Waals surface area contributed by atoms with Crippen molar-refractivity contribution in [3.8, 4) is 0 Å². The minimum Gasteiger partial charge on any atom is -0.189 e. The normalized spacial score (nSPS) is 12.1. The molecule has 2 nitrogen and oxygen atoms in total. The molecule has 0 atom stereocenters. The second-order valence-corrected chi connectivity index (χ2v) is 5.18. The van der Waals surface area contributed by atoms with Gasteiger partial charge in [0.25, 0.3) is 0 Å². The maximum atomic E-state index is 12.8. The molecule has 2 rings (SSSR count). The number of aryl methyl sites for hydroxylation is 1. The largest absolute Gasteiger partial charge is 0.333 e. The third-order valence-electron chi connectivity index (χ3n) is 2.02. The summed E-state index contributed by atoms with van der Waals surface area (Å²) in [5, 5.41) is 1.81. The monoisotopic (exact) mass is 230 g/mol. The van der Waals surface area contributed by atoms with Gasteiger partial charge in [0.15, 0.2) is 0 Å². The fraction of sp³-hybridized carbons (Fsp3) is 0.111. The molecule has 1 aromatic carbocycles. The van der Waals surface area contributed by atoms with Gasteiger partial charge in [-0.2, -0.15) is 8.42 Å². The van der Waals surface area contributed by atoms with Crippen LogP contribution in [0.2, 0.25) is 0 Å². The first-order valence-electron chi connectivity index (χ1n) is 3.91. The summed E-state index contributed by atoms with van der Waals surface area (Å²) in [6.07, 6.45) is 0. The van der Waals surface area contributed by atoms with Crippen LogP contribution < -0.4 is 0 Å². The van der Waals surface area contributed by atoms with Gasteiger partial charge in [0.05, 0.1) is 0 Å². The van der Waals surface area contributed by atoms with E-state index in [4.69, 9.17) is 0 Å². The lowest BCUT2D eigenvalue weighted by Crippen LogP contribution is -1.89. The van der Waals surface area contributed by atoms with Crippen LogP contribution in [0.1, 0.15) is 5.56 Å². The number of thiophene rings is 1. The van der Waals surface area contributed by atoms with Gasteiger partial charge in [0, 0.05) is 15.5 Å². The summed E-state index contributed by atoms with van der Waals surface area (Å²) in [5.74, 6) is 0. The zero-order valence-corrected chi connectivity index (χ0v) is 8.95. The average Bonchev–Trinajstić information content (AvgIpc) is 2.47. The van der Waals surface area contributed by atoms with E-state index in [1.807, 2.05) is 13.0 Å². The van der Waals surface area contributed by atoms with Gasteiger partial charge in [-0.05, 0) is 12.5 Å². The number of halogens is 1. The van der Waals surface area contributed by atoms with Gasteiger partial charge < -0.3 is 0 Å². The third kappa shape index (κ3) is 1.42. The molecule has 0 amide bonds. The Hall–Kier alpha value is -0.940. The lowest BCUT2D eigenvalue weighted by Gasteiger charge is -1.95. The van der Waals surface area contributed by atoms with E-state index >= 15 is 0 Å². The van der Waals surface area contributed by atoms with Gasteiger partial charge >= 0.3 is 10.2 Å². The molecule has 0 N–H and O–H groups in total. The van der Waals surface area contributed by atoms with Gasteiger partial charge in [0.2, 0.25) is 0 Å². The standard InChI is InChI=1S/C9H7FO2S2/c1-6-3-2-4-7-8(14(10,11)12)5-13-9(6)7/h2-5H,1H3. The highest BCUT2D eigenvalue weighted by atomic mass is 32.3. The summed E-state index contributed by atoms with van der Waals surface area (Å²) >= 11 is 1.25. The topological polar surface area (TPSA) is 34.1 Å². The Balaban J connectivity index is 2.90. The van der Waals surface area contributed by atoms with Gasteiger partial charge in [-0.15, -0.1) is 15.2 Å². The summed E-state index contributed by atoms with van der Waals surface area (Å²) in [7, 11) is -4.59. The van der Waals surface area contributed by atoms with E-state index in [9.17, 15) is 12.3 Å². The number of hydrogen-bond donors (Lipinski definition) is 0. The predicted molar refractivity (Wildman–Crippen MR) is 54.9 cm³/mol. The van der Waals surface area contributed by atoms with Gasteiger partial charge in [-0.1, -0.05) is 18.2 Å². The van der Waals surface area contributed by atoms with Crippen LogP contribution >= 0.6 is 11.3 Å². The Morgan fingerprint density at radius 1 is 1.36 bits per heavy atom. The third-order valence-corrected chi connectivity index (χ3v) is 4.17. The molecule has 0 aliphatic heterocycles. The van der Waals surface area contributed by atoms with Crippen molar-refractivity contribution in [2.45, 2.75) is 11.8 Å². The Morgan fingerprint density at radius 2 is 2.07 bits per heavy atom. The Labute approximate surface area is 85.2 Å². The van der Waals surface area contributed by atoms with E-state index in [1.54, 1.807) is 12.1 Å². The molecule has 0 bridgehead atoms. The van der Waals surface area contributed by atoms with Crippen LogP contribution in [0.5, 0.6) is 0 Å². The highest BCUT2D eigenvalue weighted by Gasteiger charge is 2.17. The molecule has 1 heterocycles. The first-order chi connectivity index (χ1) is 6.50. The molecular weight excluding hydrogens is 223 g/mol. The zero-order chi connectivity index (χ0) is 10.3. The Morgan fingerprint density at radius 3 is 2.71 bits per heavy atom. The lowest BCUT2D eigenvalue weighted by atomic mass is 10.2. The van der Waals surface area contributed by atoms with Crippen LogP contribution in [0.15, 0.2) is 28.5 Å². The Bertz CT molecular complexity index is 584. The highest BCUT2D eigenvalue weighted by molar-refractivity contribution is 7.86. The zero-order valence-electron chi connectivity index (χ0n) is 7.32. The molecule has 0 aliphatic carbocycles. The maximum Gasteiger partial charge on any atom is 0.333 e. The van der Waals surface area contributed by atoms with E-state index in [0.717, 1.165) is 10.3 Å². The number of hydrogen-bond acceptors (Lipinski definition) is 3. The van der Waals surface area contributed by atoms with Crippen molar-refractivity contribution in [1.82, 2.24) is 0 Å². The molecular formula is C9H7FO2S2. The molecule has 0 saturated carbocycles. The van der Waals surface area contributed by atoms with Crippen LogP contribution in [0, 0.1) is 6.92 Å². The van der Waals surface area contributed by atoms with Crippen LogP contribution in [0.4, 0.5) is 3.89 Å². The summed E-state index contributed by atoms with van der Waals surface area (Å²) in [4.78, 5) is -0.221. The number of fused-ring (bicyclic) bond motifs is 1. The van der Waals surface area contributed by atoms with Crippen LogP contribution in [-0.4, -0.2) is 8.42 Å². The Kier molecular flexibility index (Phi) is 2.08. The van der Waals surface area contributed by atoms with Crippen molar-refractivity contribution in [2.75, 3.05) is 0 Å². The molecule has 14 heavy (non-hydrogen) atoms. The second-order valence-electron chi connectivity index (χ2n) is 2.99. The van der Waals surface area contributed by atoms with Crippen molar-refractivity contribution in [1.29, 1.82) is 0 Å². The second kappa shape index (κ2) is 3.03. The van der Waals surface area contributed by atoms with Crippen molar-refractivity contribution in [2.24, 2.45) is 0 Å². The molecule has 74 valence electrons. The molecule has 0 aliphatic rings. The molecule has 2 aromatic rings.